The molecular weight excluding hydrogens is 309 g/mol. The van der Waals surface area contributed by atoms with Crippen LogP contribution >= 0.6 is 34.5 Å². The number of rotatable bonds is 6. The Hall–Kier alpha value is -0.540. The summed E-state index contributed by atoms with van der Waals surface area (Å²) in [4.78, 5) is 1.41. The Kier molecular flexibility index (Phi) is 5.91. The van der Waals surface area contributed by atoms with E-state index < -0.39 is 0 Å². The third kappa shape index (κ3) is 3.98. The lowest BCUT2D eigenvalue weighted by Crippen LogP contribution is -2.23. The van der Waals surface area contributed by atoms with Crippen molar-refractivity contribution >= 4 is 34.5 Å². The van der Waals surface area contributed by atoms with E-state index in [1.54, 1.807) is 0 Å². The van der Waals surface area contributed by atoms with Crippen molar-refractivity contribution in [1.82, 2.24) is 5.32 Å². The van der Waals surface area contributed by atoms with Gasteiger partial charge in [0.1, 0.15) is 0 Å². The van der Waals surface area contributed by atoms with Gasteiger partial charge in [0.05, 0.1) is 10.0 Å². The van der Waals surface area contributed by atoms with Crippen LogP contribution in [0.25, 0.3) is 0 Å². The molecule has 4 heteroatoms. The number of hydrogen-bond acceptors (Lipinski definition) is 2. The summed E-state index contributed by atoms with van der Waals surface area (Å²) in [6.07, 6.45) is 2.06. The van der Waals surface area contributed by atoms with Gasteiger partial charge in [0.25, 0.3) is 0 Å². The normalized spacial score (nSPS) is 12.6. The van der Waals surface area contributed by atoms with Gasteiger partial charge in [-0.05, 0) is 61.0 Å². The minimum Gasteiger partial charge on any atom is -0.309 e. The van der Waals surface area contributed by atoms with Crippen LogP contribution in [0.3, 0.4) is 0 Å². The third-order valence-corrected chi connectivity index (χ3v) is 5.15. The Morgan fingerprint density at radius 1 is 1.20 bits per heavy atom. The van der Waals surface area contributed by atoms with Crippen molar-refractivity contribution in [3.63, 3.8) is 0 Å². The van der Waals surface area contributed by atoms with E-state index in [0.717, 1.165) is 19.4 Å². The molecule has 1 aromatic heterocycles. The van der Waals surface area contributed by atoms with Gasteiger partial charge in [-0.2, -0.15) is 0 Å². The highest BCUT2D eigenvalue weighted by atomic mass is 35.5. The van der Waals surface area contributed by atoms with Crippen LogP contribution in [0, 0.1) is 6.92 Å². The molecule has 1 heterocycles. The highest BCUT2D eigenvalue weighted by Gasteiger charge is 2.15. The number of hydrogen-bond donors (Lipinski definition) is 1. The Bertz CT molecular complexity index is 565. The van der Waals surface area contributed by atoms with Crippen molar-refractivity contribution in [1.29, 1.82) is 0 Å². The van der Waals surface area contributed by atoms with E-state index in [2.05, 4.69) is 36.7 Å². The third-order valence-electron chi connectivity index (χ3n) is 3.28. The van der Waals surface area contributed by atoms with E-state index in [0.29, 0.717) is 16.1 Å². The number of halogens is 2. The summed E-state index contributed by atoms with van der Waals surface area (Å²) in [5.41, 5.74) is 2.56. The molecular formula is C16H19Cl2NS. The van der Waals surface area contributed by atoms with Gasteiger partial charge in [0, 0.05) is 10.9 Å². The molecule has 0 aliphatic rings. The van der Waals surface area contributed by atoms with E-state index in [9.17, 15) is 0 Å². The van der Waals surface area contributed by atoms with Crippen LogP contribution in [0.5, 0.6) is 0 Å². The first kappa shape index (κ1) is 15.8. The van der Waals surface area contributed by atoms with Crippen LogP contribution < -0.4 is 5.32 Å². The molecule has 108 valence electrons. The van der Waals surface area contributed by atoms with Crippen molar-refractivity contribution in [2.24, 2.45) is 0 Å². The van der Waals surface area contributed by atoms with Gasteiger partial charge < -0.3 is 5.32 Å². The summed E-state index contributed by atoms with van der Waals surface area (Å²) in [5.74, 6) is 0. The minimum atomic E-state index is 0.340. The molecule has 0 saturated carbocycles. The zero-order chi connectivity index (χ0) is 14.5. The maximum atomic E-state index is 6.11. The van der Waals surface area contributed by atoms with Gasteiger partial charge in [-0.25, -0.2) is 0 Å². The first-order chi connectivity index (χ1) is 9.61. The lowest BCUT2D eigenvalue weighted by atomic mass is 10.0. The van der Waals surface area contributed by atoms with Crippen molar-refractivity contribution in [2.45, 2.75) is 32.7 Å². The van der Waals surface area contributed by atoms with Crippen LogP contribution in [-0.4, -0.2) is 6.54 Å². The Balaban J connectivity index is 2.19. The predicted molar refractivity (Wildman–Crippen MR) is 90.3 cm³/mol. The van der Waals surface area contributed by atoms with Gasteiger partial charge in [0.2, 0.25) is 0 Å². The summed E-state index contributed by atoms with van der Waals surface area (Å²) >= 11 is 13.9. The summed E-state index contributed by atoms with van der Waals surface area (Å²) in [6, 6.07) is 8.41. The maximum absolute atomic E-state index is 6.11. The van der Waals surface area contributed by atoms with Gasteiger partial charge in [-0.1, -0.05) is 36.2 Å². The quantitative estimate of drug-likeness (QED) is 0.723. The zero-order valence-corrected chi connectivity index (χ0v) is 14.1. The van der Waals surface area contributed by atoms with Crippen molar-refractivity contribution in [3.05, 3.63) is 55.7 Å². The molecule has 1 unspecified atom stereocenters. The van der Waals surface area contributed by atoms with E-state index in [4.69, 9.17) is 23.2 Å². The lowest BCUT2D eigenvalue weighted by Gasteiger charge is -2.19. The SMILES string of the molecule is CCCNC(Cc1ccc(Cl)c(Cl)c1)c1sccc1C. The van der Waals surface area contributed by atoms with Gasteiger partial charge in [-0.3, -0.25) is 0 Å². The molecule has 0 saturated heterocycles. The predicted octanol–water partition coefficient (Wildman–Crippen LogP) is 5.65. The molecule has 0 aliphatic heterocycles. The van der Waals surface area contributed by atoms with Gasteiger partial charge in [0.15, 0.2) is 0 Å². The number of thiophene rings is 1. The molecule has 1 nitrogen and oxygen atoms in total. The molecule has 2 rings (SSSR count). The van der Waals surface area contributed by atoms with Gasteiger partial charge >= 0.3 is 0 Å². The maximum Gasteiger partial charge on any atom is 0.0595 e. The van der Waals surface area contributed by atoms with Crippen molar-refractivity contribution in [2.75, 3.05) is 6.54 Å². The molecule has 1 aromatic carbocycles. The molecule has 1 N–H and O–H groups in total. The summed E-state index contributed by atoms with van der Waals surface area (Å²) in [5, 5.41) is 7.02. The lowest BCUT2D eigenvalue weighted by molar-refractivity contribution is 0.535. The smallest absolute Gasteiger partial charge is 0.0595 e. The standard InChI is InChI=1S/C16H19Cl2NS/c1-3-7-19-15(16-11(2)6-8-20-16)10-12-4-5-13(17)14(18)9-12/h4-6,8-9,15,19H,3,7,10H2,1-2H3. The second-order valence-electron chi connectivity index (χ2n) is 4.93. The first-order valence-corrected chi connectivity index (χ1v) is 8.46. The fourth-order valence-electron chi connectivity index (χ4n) is 2.22. The van der Waals surface area contributed by atoms with Crippen LogP contribution in [0.2, 0.25) is 10.0 Å². The number of aryl methyl sites for hydroxylation is 1. The molecule has 0 amide bonds. The van der Waals surface area contributed by atoms with Crippen LogP contribution in [0.15, 0.2) is 29.6 Å². The molecule has 0 fully saturated rings. The Labute approximate surface area is 134 Å². The minimum absolute atomic E-state index is 0.340. The van der Waals surface area contributed by atoms with Crippen molar-refractivity contribution in [3.8, 4) is 0 Å². The topological polar surface area (TPSA) is 12.0 Å². The highest BCUT2D eigenvalue weighted by Crippen LogP contribution is 2.29. The molecule has 2 aromatic rings. The highest BCUT2D eigenvalue weighted by molar-refractivity contribution is 7.10. The molecule has 0 aliphatic carbocycles. The van der Waals surface area contributed by atoms with Gasteiger partial charge in [-0.15, -0.1) is 11.3 Å². The molecule has 0 spiro atoms. The Morgan fingerprint density at radius 2 is 2.00 bits per heavy atom. The van der Waals surface area contributed by atoms with Crippen LogP contribution in [0.4, 0.5) is 0 Å². The number of benzene rings is 1. The van der Waals surface area contributed by atoms with Crippen molar-refractivity contribution < 1.29 is 0 Å². The largest absolute Gasteiger partial charge is 0.309 e. The van der Waals surface area contributed by atoms with E-state index in [1.807, 2.05) is 23.5 Å². The average molecular weight is 328 g/mol. The summed E-state index contributed by atoms with van der Waals surface area (Å²) in [7, 11) is 0. The molecule has 0 radical (unpaired) electrons. The fraction of sp³-hybridized carbons (Fsp3) is 0.375. The monoisotopic (exact) mass is 327 g/mol. The zero-order valence-electron chi connectivity index (χ0n) is 11.7. The van der Waals surface area contributed by atoms with E-state index >= 15 is 0 Å². The fourth-order valence-corrected chi connectivity index (χ4v) is 3.54. The summed E-state index contributed by atoms with van der Waals surface area (Å²) in [6.45, 7) is 5.37. The molecule has 0 bridgehead atoms. The average Bonchev–Trinajstić information content (AvgIpc) is 2.85. The van der Waals surface area contributed by atoms with E-state index in [1.165, 1.54) is 16.0 Å². The summed E-state index contributed by atoms with van der Waals surface area (Å²) < 4.78 is 0. The second-order valence-corrected chi connectivity index (χ2v) is 6.69. The van der Waals surface area contributed by atoms with Crippen LogP contribution in [0.1, 0.15) is 35.4 Å². The first-order valence-electron chi connectivity index (χ1n) is 6.83. The second kappa shape index (κ2) is 7.46. The van der Waals surface area contributed by atoms with Crippen LogP contribution in [-0.2, 0) is 6.42 Å². The molecule has 1 atom stereocenters. The molecule has 20 heavy (non-hydrogen) atoms. The number of nitrogens with one attached hydrogen (secondary N) is 1. The van der Waals surface area contributed by atoms with E-state index in [-0.39, 0.29) is 0 Å². The Morgan fingerprint density at radius 3 is 2.60 bits per heavy atom.